The van der Waals surface area contributed by atoms with Crippen LogP contribution in [0.3, 0.4) is 0 Å². The molecule has 0 aromatic rings. The number of unbranched alkanes of at least 4 members (excludes halogenated alkanes) is 4. The van der Waals surface area contributed by atoms with Gasteiger partial charge in [0.1, 0.15) is 5.25 Å². The van der Waals surface area contributed by atoms with Gasteiger partial charge in [-0.25, -0.2) is 4.79 Å². The molecule has 19 heavy (non-hydrogen) atoms. The van der Waals surface area contributed by atoms with Crippen molar-refractivity contribution in [1.29, 1.82) is 0 Å². The third-order valence-corrected chi connectivity index (χ3v) is 4.29. The number of carbonyl (C=O) groups is 1. The van der Waals surface area contributed by atoms with Crippen LogP contribution in [0.1, 0.15) is 51.9 Å². The van der Waals surface area contributed by atoms with E-state index in [1.807, 2.05) is 0 Å². The standard InChI is InChI=1S/C11H22O7S/c1-9(12)10(19(15,16)17)7-5-3-2-4-6-8-11(13)18-14/h9-10,12,14H,2-8H2,1H3,(H,15,16,17). The number of rotatable bonds is 10. The van der Waals surface area contributed by atoms with Gasteiger partial charge in [-0.1, -0.05) is 25.7 Å². The van der Waals surface area contributed by atoms with Crippen LogP contribution >= 0.6 is 0 Å². The van der Waals surface area contributed by atoms with Crippen LogP contribution in [0.25, 0.3) is 0 Å². The van der Waals surface area contributed by atoms with Crippen molar-refractivity contribution in [3.63, 3.8) is 0 Å². The largest absolute Gasteiger partial charge is 0.392 e. The molecule has 0 aliphatic heterocycles. The van der Waals surface area contributed by atoms with Gasteiger partial charge in [-0.3, -0.25) is 4.55 Å². The minimum absolute atomic E-state index is 0.151. The first-order valence-electron chi connectivity index (χ1n) is 6.27. The van der Waals surface area contributed by atoms with Crippen molar-refractivity contribution in [2.45, 2.75) is 63.2 Å². The minimum atomic E-state index is -4.22. The Morgan fingerprint density at radius 3 is 2.16 bits per heavy atom. The summed E-state index contributed by atoms with van der Waals surface area (Å²) in [5, 5.41) is 16.1. The molecule has 0 rings (SSSR count). The topological polar surface area (TPSA) is 121 Å². The van der Waals surface area contributed by atoms with Crippen LogP contribution in [-0.2, 0) is 19.8 Å². The van der Waals surface area contributed by atoms with Gasteiger partial charge in [0.25, 0.3) is 10.1 Å². The molecule has 114 valence electrons. The molecule has 2 atom stereocenters. The van der Waals surface area contributed by atoms with Crippen molar-refractivity contribution >= 4 is 16.1 Å². The Kier molecular flexibility index (Phi) is 8.90. The summed E-state index contributed by atoms with van der Waals surface area (Å²) in [7, 11) is -4.22. The third-order valence-electron chi connectivity index (χ3n) is 2.89. The zero-order chi connectivity index (χ0) is 14.9. The summed E-state index contributed by atoms with van der Waals surface area (Å²) < 4.78 is 30.8. The van der Waals surface area contributed by atoms with E-state index >= 15 is 0 Å². The van der Waals surface area contributed by atoms with Crippen LogP contribution in [0, 0.1) is 0 Å². The second kappa shape index (κ2) is 9.24. The van der Waals surface area contributed by atoms with Crippen LogP contribution in [0.15, 0.2) is 0 Å². The first-order valence-corrected chi connectivity index (χ1v) is 7.78. The fraction of sp³-hybridized carbons (Fsp3) is 0.909. The predicted octanol–water partition coefficient (Wildman–Crippen LogP) is 1.37. The predicted molar refractivity (Wildman–Crippen MR) is 68.1 cm³/mol. The Balaban J connectivity index is 3.71. The molecule has 0 fully saturated rings. The Morgan fingerprint density at radius 2 is 1.68 bits per heavy atom. The van der Waals surface area contributed by atoms with Crippen molar-refractivity contribution in [3.05, 3.63) is 0 Å². The molecule has 0 aromatic carbocycles. The van der Waals surface area contributed by atoms with Gasteiger partial charge in [0.05, 0.1) is 6.10 Å². The van der Waals surface area contributed by atoms with E-state index in [9.17, 15) is 18.3 Å². The average Bonchev–Trinajstić information content (AvgIpc) is 2.29. The van der Waals surface area contributed by atoms with Gasteiger partial charge in [0, 0.05) is 6.42 Å². The van der Waals surface area contributed by atoms with E-state index in [-0.39, 0.29) is 12.8 Å². The molecule has 0 spiro atoms. The zero-order valence-corrected chi connectivity index (χ0v) is 11.8. The highest BCUT2D eigenvalue weighted by atomic mass is 32.2. The molecule has 0 aliphatic rings. The highest BCUT2D eigenvalue weighted by molar-refractivity contribution is 7.86. The SMILES string of the molecule is CC(O)C(CCCCCCCC(=O)OO)S(=O)(=O)O. The first-order chi connectivity index (χ1) is 8.79. The summed E-state index contributed by atoms with van der Waals surface area (Å²) in [4.78, 5) is 14.1. The molecule has 2 unspecified atom stereocenters. The molecule has 0 radical (unpaired) electrons. The van der Waals surface area contributed by atoms with E-state index in [1.165, 1.54) is 6.92 Å². The van der Waals surface area contributed by atoms with Crippen molar-refractivity contribution in [2.75, 3.05) is 0 Å². The molecule has 0 amide bonds. The fourth-order valence-electron chi connectivity index (χ4n) is 1.83. The van der Waals surface area contributed by atoms with E-state index in [0.717, 1.165) is 19.3 Å². The summed E-state index contributed by atoms with van der Waals surface area (Å²) in [5.41, 5.74) is 0. The zero-order valence-electron chi connectivity index (χ0n) is 11.0. The quantitative estimate of drug-likeness (QED) is 0.241. The van der Waals surface area contributed by atoms with E-state index in [4.69, 9.17) is 9.81 Å². The molecule has 0 bridgehead atoms. The summed E-state index contributed by atoms with van der Waals surface area (Å²) in [6, 6.07) is 0. The van der Waals surface area contributed by atoms with Crippen LogP contribution in [0.2, 0.25) is 0 Å². The normalized spacial score (nSPS) is 14.9. The lowest BCUT2D eigenvalue weighted by atomic mass is 10.1. The second-order valence-corrected chi connectivity index (χ2v) is 6.20. The van der Waals surface area contributed by atoms with E-state index in [2.05, 4.69) is 4.89 Å². The lowest BCUT2D eigenvalue weighted by Crippen LogP contribution is -2.31. The molecule has 0 saturated carbocycles. The number of hydrogen-bond acceptors (Lipinski definition) is 6. The molecular weight excluding hydrogens is 276 g/mol. The Hall–Kier alpha value is -0.700. The third kappa shape index (κ3) is 8.93. The van der Waals surface area contributed by atoms with E-state index in [1.54, 1.807) is 0 Å². The number of carbonyl (C=O) groups excluding carboxylic acids is 1. The van der Waals surface area contributed by atoms with Crippen LogP contribution in [-0.4, -0.2) is 40.7 Å². The lowest BCUT2D eigenvalue weighted by molar-refractivity contribution is -0.234. The van der Waals surface area contributed by atoms with Gasteiger partial charge in [-0.2, -0.15) is 13.7 Å². The molecule has 3 N–H and O–H groups in total. The molecule has 7 nitrogen and oxygen atoms in total. The maximum Gasteiger partial charge on any atom is 0.342 e. The number of hydrogen-bond donors (Lipinski definition) is 3. The molecule has 0 heterocycles. The van der Waals surface area contributed by atoms with Gasteiger partial charge in [0.15, 0.2) is 0 Å². The van der Waals surface area contributed by atoms with E-state index < -0.39 is 27.4 Å². The van der Waals surface area contributed by atoms with Crippen LogP contribution in [0.4, 0.5) is 0 Å². The van der Waals surface area contributed by atoms with Gasteiger partial charge in [0.2, 0.25) is 0 Å². The van der Waals surface area contributed by atoms with E-state index in [0.29, 0.717) is 12.8 Å². The monoisotopic (exact) mass is 298 g/mol. The summed E-state index contributed by atoms with van der Waals surface area (Å²) in [6.45, 7) is 1.33. The first kappa shape index (κ1) is 18.3. The second-order valence-electron chi connectivity index (χ2n) is 4.56. The number of aliphatic hydroxyl groups is 1. The average molecular weight is 298 g/mol. The van der Waals surface area contributed by atoms with Gasteiger partial charge >= 0.3 is 5.97 Å². The number of aliphatic hydroxyl groups excluding tert-OH is 1. The van der Waals surface area contributed by atoms with Crippen LogP contribution in [0.5, 0.6) is 0 Å². The van der Waals surface area contributed by atoms with Crippen LogP contribution < -0.4 is 0 Å². The molecule has 8 heteroatoms. The van der Waals surface area contributed by atoms with Crippen molar-refractivity contribution in [1.82, 2.24) is 0 Å². The Bertz CT molecular complexity index is 350. The van der Waals surface area contributed by atoms with Gasteiger partial charge < -0.3 is 9.99 Å². The van der Waals surface area contributed by atoms with Gasteiger partial charge in [-0.05, 0) is 19.8 Å². The Labute approximate surface area is 113 Å². The lowest BCUT2D eigenvalue weighted by Gasteiger charge is -2.16. The molecule has 0 aromatic heterocycles. The summed E-state index contributed by atoms with van der Waals surface area (Å²) >= 11 is 0. The minimum Gasteiger partial charge on any atom is -0.392 e. The molecule has 0 aliphatic carbocycles. The fourth-order valence-corrected chi connectivity index (χ4v) is 2.79. The molecule has 0 saturated heterocycles. The highest BCUT2D eigenvalue weighted by Crippen LogP contribution is 2.15. The van der Waals surface area contributed by atoms with Crippen molar-refractivity contribution < 1.29 is 33.0 Å². The van der Waals surface area contributed by atoms with Gasteiger partial charge in [-0.15, -0.1) is 0 Å². The Morgan fingerprint density at radius 1 is 1.16 bits per heavy atom. The maximum atomic E-state index is 11.0. The maximum absolute atomic E-state index is 11.0. The highest BCUT2D eigenvalue weighted by Gasteiger charge is 2.27. The van der Waals surface area contributed by atoms with Crippen molar-refractivity contribution in [2.24, 2.45) is 0 Å². The van der Waals surface area contributed by atoms with Crippen molar-refractivity contribution in [3.8, 4) is 0 Å². The molecular formula is C11H22O7S. The smallest absolute Gasteiger partial charge is 0.342 e. The summed E-state index contributed by atoms with van der Waals surface area (Å²) in [6.07, 6.45) is 2.73. The summed E-state index contributed by atoms with van der Waals surface area (Å²) in [5.74, 6) is -0.666.